The minimum atomic E-state index is -0.139. The Bertz CT molecular complexity index is 1320. The van der Waals surface area contributed by atoms with Crippen LogP contribution in [0.1, 0.15) is 34.6 Å². The first-order valence-corrected chi connectivity index (χ1v) is 12.9. The van der Waals surface area contributed by atoms with Crippen molar-refractivity contribution in [3.8, 4) is 22.5 Å². The van der Waals surface area contributed by atoms with Crippen LogP contribution in [0.3, 0.4) is 0 Å². The van der Waals surface area contributed by atoms with Crippen LogP contribution in [-0.2, 0) is 11.3 Å². The number of benzene rings is 2. The summed E-state index contributed by atoms with van der Waals surface area (Å²) >= 11 is 3.06. The van der Waals surface area contributed by atoms with Crippen LogP contribution in [0.25, 0.3) is 22.5 Å². The van der Waals surface area contributed by atoms with Gasteiger partial charge in [0.05, 0.1) is 5.75 Å². The quantitative estimate of drug-likeness (QED) is 0.234. The van der Waals surface area contributed by atoms with Crippen molar-refractivity contribution in [3.63, 3.8) is 0 Å². The zero-order chi connectivity index (χ0) is 24.2. The summed E-state index contributed by atoms with van der Waals surface area (Å²) in [7, 11) is 0. The molecule has 2 heterocycles. The molecule has 0 spiro atoms. The SMILES string of the molecule is CCn1c(SCC(=O)Nc2ccc(C(C)=O)cc2)nnc1-c1csc(C)c1-c1ccc(C)cc1. The molecule has 2 aromatic carbocycles. The predicted octanol–water partition coefficient (Wildman–Crippen LogP) is 6.24. The number of hydrogen-bond acceptors (Lipinski definition) is 6. The summed E-state index contributed by atoms with van der Waals surface area (Å²) in [5.41, 5.74) is 5.89. The number of nitrogens with zero attached hydrogens (tertiary/aromatic N) is 3. The maximum atomic E-state index is 12.5. The Morgan fingerprint density at radius 2 is 1.74 bits per heavy atom. The van der Waals surface area contributed by atoms with Crippen LogP contribution in [0.4, 0.5) is 5.69 Å². The summed E-state index contributed by atoms with van der Waals surface area (Å²) in [5.74, 6) is 0.874. The van der Waals surface area contributed by atoms with E-state index in [2.05, 4.69) is 70.5 Å². The molecule has 1 N–H and O–H groups in total. The lowest BCUT2D eigenvalue weighted by Gasteiger charge is -2.10. The Morgan fingerprint density at radius 1 is 1.03 bits per heavy atom. The van der Waals surface area contributed by atoms with Crippen LogP contribution in [0.5, 0.6) is 0 Å². The van der Waals surface area contributed by atoms with Crippen LogP contribution in [0, 0.1) is 13.8 Å². The first-order chi connectivity index (χ1) is 16.4. The van der Waals surface area contributed by atoms with E-state index < -0.39 is 0 Å². The van der Waals surface area contributed by atoms with Gasteiger partial charge in [0.2, 0.25) is 5.91 Å². The highest BCUT2D eigenvalue weighted by Gasteiger charge is 2.20. The highest BCUT2D eigenvalue weighted by molar-refractivity contribution is 7.99. The number of Topliss-reactive ketones (excluding diaryl/α,β-unsaturated/α-hetero) is 1. The van der Waals surface area contributed by atoms with Crippen molar-refractivity contribution in [2.75, 3.05) is 11.1 Å². The van der Waals surface area contributed by atoms with Crippen LogP contribution >= 0.6 is 23.1 Å². The number of hydrogen-bond donors (Lipinski definition) is 1. The predicted molar refractivity (Wildman–Crippen MR) is 140 cm³/mol. The van der Waals surface area contributed by atoms with Gasteiger partial charge < -0.3 is 9.88 Å². The first kappa shape index (κ1) is 23.9. The van der Waals surface area contributed by atoms with Gasteiger partial charge in [-0.1, -0.05) is 41.6 Å². The number of amides is 1. The number of rotatable bonds is 8. The van der Waals surface area contributed by atoms with E-state index in [9.17, 15) is 9.59 Å². The van der Waals surface area contributed by atoms with E-state index in [0.717, 1.165) is 17.0 Å². The highest BCUT2D eigenvalue weighted by atomic mass is 32.2. The molecule has 8 heteroatoms. The van der Waals surface area contributed by atoms with Gasteiger partial charge in [-0.05, 0) is 57.5 Å². The van der Waals surface area contributed by atoms with Crippen LogP contribution in [-0.4, -0.2) is 32.2 Å². The van der Waals surface area contributed by atoms with Crippen LogP contribution in [0.15, 0.2) is 59.1 Å². The van der Waals surface area contributed by atoms with Gasteiger partial charge in [0.1, 0.15) is 0 Å². The third kappa shape index (κ3) is 5.13. The number of aryl methyl sites for hydroxylation is 2. The van der Waals surface area contributed by atoms with Gasteiger partial charge in [-0.3, -0.25) is 9.59 Å². The summed E-state index contributed by atoms with van der Waals surface area (Å²) in [5, 5.41) is 14.6. The van der Waals surface area contributed by atoms with Gasteiger partial charge in [0.15, 0.2) is 16.8 Å². The minimum absolute atomic E-state index is 0.00510. The number of ketones is 1. The second-order valence-electron chi connectivity index (χ2n) is 7.97. The molecule has 0 aliphatic heterocycles. The lowest BCUT2D eigenvalue weighted by Crippen LogP contribution is -2.14. The van der Waals surface area contributed by atoms with Crippen LogP contribution in [0.2, 0.25) is 0 Å². The van der Waals surface area contributed by atoms with Gasteiger partial charge in [-0.2, -0.15) is 0 Å². The monoisotopic (exact) mass is 490 g/mol. The van der Waals surface area contributed by atoms with E-state index in [1.165, 1.54) is 34.7 Å². The van der Waals surface area contributed by atoms with E-state index in [4.69, 9.17) is 0 Å². The summed E-state index contributed by atoms with van der Waals surface area (Å²) in [6.45, 7) is 8.47. The third-order valence-corrected chi connectivity index (χ3v) is 7.37. The number of carbonyl (C=O) groups is 2. The lowest BCUT2D eigenvalue weighted by molar-refractivity contribution is -0.113. The van der Waals surface area contributed by atoms with E-state index in [0.29, 0.717) is 23.0 Å². The van der Waals surface area contributed by atoms with Gasteiger partial charge in [-0.25, -0.2) is 0 Å². The molecule has 6 nitrogen and oxygen atoms in total. The van der Waals surface area contributed by atoms with Gasteiger partial charge in [-0.15, -0.1) is 21.5 Å². The van der Waals surface area contributed by atoms with Crippen molar-refractivity contribution in [2.24, 2.45) is 0 Å². The Hall–Kier alpha value is -3.23. The second-order valence-corrected chi connectivity index (χ2v) is 9.99. The van der Waals surface area contributed by atoms with Crippen molar-refractivity contribution in [1.29, 1.82) is 0 Å². The van der Waals surface area contributed by atoms with E-state index >= 15 is 0 Å². The van der Waals surface area contributed by atoms with E-state index in [-0.39, 0.29) is 17.4 Å². The molecule has 0 radical (unpaired) electrons. The van der Waals surface area contributed by atoms with Gasteiger partial charge >= 0.3 is 0 Å². The number of thiophene rings is 1. The Balaban J connectivity index is 1.51. The molecule has 0 atom stereocenters. The highest BCUT2D eigenvalue weighted by Crippen LogP contribution is 2.39. The van der Waals surface area contributed by atoms with E-state index in [1.807, 2.05) is 0 Å². The zero-order valence-electron chi connectivity index (χ0n) is 19.6. The number of anilines is 1. The van der Waals surface area contributed by atoms with Crippen molar-refractivity contribution in [2.45, 2.75) is 39.4 Å². The fourth-order valence-electron chi connectivity index (χ4n) is 3.69. The van der Waals surface area contributed by atoms with Crippen molar-refractivity contribution in [1.82, 2.24) is 14.8 Å². The maximum absolute atomic E-state index is 12.5. The summed E-state index contributed by atoms with van der Waals surface area (Å²) in [4.78, 5) is 25.1. The Labute approximate surface area is 207 Å². The summed E-state index contributed by atoms with van der Waals surface area (Å²) in [6.07, 6.45) is 0. The molecular weight excluding hydrogens is 464 g/mol. The van der Waals surface area contributed by atoms with Crippen molar-refractivity contribution >= 4 is 40.5 Å². The van der Waals surface area contributed by atoms with Crippen LogP contribution < -0.4 is 5.32 Å². The number of aromatic nitrogens is 3. The second kappa shape index (κ2) is 10.4. The van der Waals surface area contributed by atoms with Gasteiger partial charge in [0.25, 0.3) is 0 Å². The Kier molecular flexibility index (Phi) is 7.29. The largest absolute Gasteiger partial charge is 0.325 e. The molecule has 0 unspecified atom stereocenters. The first-order valence-electron chi connectivity index (χ1n) is 11.0. The zero-order valence-corrected chi connectivity index (χ0v) is 21.2. The molecule has 174 valence electrons. The third-order valence-electron chi connectivity index (χ3n) is 5.50. The molecule has 34 heavy (non-hydrogen) atoms. The molecule has 2 aromatic heterocycles. The average molecular weight is 491 g/mol. The smallest absolute Gasteiger partial charge is 0.234 e. The van der Waals surface area contributed by atoms with Crippen molar-refractivity contribution < 1.29 is 9.59 Å². The normalized spacial score (nSPS) is 10.9. The Morgan fingerprint density at radius 3 is 2.38 bits per heavy atom. The molecule has 1 amide bonds. The maximum Gasteiger partial charge on any atom is 0.234 e. The standard InChI is InChI=1S/C26H26N4O2S2/c1-5-30-25(22-14-33-18(4)24(22)20-8-6-16(2)7-9-20)28-29-26(30)34-15-23(32)27-21-12-10-19(11-13-21)17(3)31/h6-14H,5,15H2,1-4H3,(H,27,32). The molecule has 4 aromatic rings. The molecule has 0 bridgehead atoms. The summed E-state index contributed by atoms with van der Waals surface area (Å²) in [6, 6.07) is 15.4. The molecule has 0 saturated carbocycles. The van der Waals surface area contributed by atoms with E-state index in [1.54, 1.807) is 35.6 Å². The molecule has 0 fully saturated rings. The number of nitrogens with one attached hydrogen (secondary N) is 1. The molecular formula is C26H26N4O2S2. The minimum Gasteiger partial charge on any atom is -0.325 e. The molecule has 4 rings (SSSR count). The molecule has 0 aliphatic rings. The molecule has 0 aliphatic carbocycles. The number of thioether (sulfide) groups is 1. The number of carbonyl (C=O) groups excluding carboxylic acids is 2. The summed E-state index contributed by atoms with van der Waals surface area (Å²) < 4.78 is 2.05. The lowest BCUT2D eigenvalue weighted by atomic mass is 10.0. The molecule has 0 saturated heterocycles. The average Bonchev–Trinajstić information content (AvgIpc) is 3.41. The fraction of sp³-hybridized carbons (Fsp3) is 0.231. The topological polar surface area (TPSA) is 76.9 Å². The van der Waals surface area contributed by atoms with Crippen molar-refractivity contribution in [3.05, 3.63) is 69.9 Å². The van der Waals surface area contributed by atoms with Gasteiger partial charge in [0, 0.05) is 39.2 Å². The fourth-order valence-corrected chi connectivity index (χ4v) is 5.36.